The van der Waals surface area contributed by atoms with Gasteiger partial charge in [-0.25, -0.2) is 9.59 Å². The summed E-state index contributed by atoms with van der Waals surface area (Å²) in [6.45, 7) is -0.363. The molecule has 2 aromatic carbocycles. The van der Waals surface area contributed by atoms with Gasteiger partial charge in [-0.3, -0.25) is 23.6 Å². The van der Waals surface area contributed by atoms with Gasteiger partial charge in [0, 0.05) is 12.3 Å². The largest absolute Gasteiger partial charge is 0.332 e. The van der Waals surface area contributed by atoms with Crippen molar-refractivity contribution in [2.75, 3.05) is 6.54 Å². The number of imide groups is 1. The number of carbonyl (C=O) groups excluding carboxylic acids is 2. The minimum atomic E-state index is -1.29. The molecule has 10 heteroatoms. The van der Waals surface area contributed by atoms with Gasteiger partial charge in [0.2, 0.25) is 5.91 Å². The van der Waals surface area contributed by atoms with Crippen LogP contribution in [0.4, 0.5) is 4.79 Å². The van der Waals surface area contributed by atoms with Gasteiger partial charge >= 0.3 is 11.7 Å². The van der Waals surface area contributed by atoms with Crippen molar-refractivity contribution >= 4 is 11.9 Å². The Bertz CT molecular complexity index is 1470. The molecule has 0 N–H and O–H groups in total. The lowest BCUT2D eigenvalue weighted by molar-refractivity contribution is -0.133. The highest BCUT2D eigenvalue weighted by molar-refractivity contribution is 5.97. The molecule has 10 nitrogen and oxygen atoms in total. The van der Waals surface area contributed by atoms with E-state index in [1.54, 1.807) is 48.5 Å². The van der Waals surface area contributed by atoms with Crippen LogP contribution in [0.25, 0.3) is 0 Å². The molecule has 0 saturated carbocycles. The number of rotatable bonds is 7. The second kappa shape index (κ2) is 10.5. The number of aromatic nitrogens is 2. The molecule has 2 heterocycles. The first-order valence-electron chi connectivity index (χ1n) is 11.2. The second-order valence-electron chi connectivity index (χ2n) is 8.30. The molecule has 0 aliphatic carbocycles. The van der Waals surface area contributed by atoms with E-state index >= 15 is 0 Å². The van der Waals surface area contributed by atoms with E-state index < -0.39 is 35.3 Å². The Kier molecular flexibility index (Phi) is 7.07. The van der Waals surface area contributed by atoms with Crippen LogP contribution in [-0.2, 0) is 17.9 Å². The molecule has 0 bridgehead atoms. The SMILES string of the molecule is N#CCN1C(=O)N(Cc2ccccc2)C(=O)CC1C(C#N)n1ccc(=O)n(Cc2ccccc2)c1=O. The molecule has 0 spiro atoms. The van der Waals surface area contributed by atoms with Crippen molar-refractivity contribution in [3.05, 3.63) is 105 Å². The minimum Gasteiger partial charge on any atom is -0.304 e. The number of benzene rings is 2. The molecule has 2 atom stereocenters. The smallest absolute Gasteiger partial charge is 0.304 e. The second-order valence-corrected chi connectivity index (χ2v) is 8.30. The van der Waals surface area contributed by atoms with Crippen LogP contribution in [0, 0.1) is 22.7 Å². The molecule has 3 amide bonds. The van der Waals surface area contributed by atoms with E-state index in [1.807, 2.05) is 24.3 Å². The van der Waals surface area contributed by atoms with Crippen molar-refractivity contribution in [2.24, 2.45) is 0 Å². The molecule has 0 radical (unpaired) electrons. The topological polar surface area (TPSA) is 132 Å². The van der Waals surface area contributed by atoms with Gasteiger partial charge in [0.1, 0.15) is 12.6 Å². The lowest BCUT2D eigenvalue weighted by Crippen LogP contribution is -2.59. The van der Waals surface area contributed by atoms with Crippen LogP contribution >= 0.6 is 0 Å². The molecule has 1 aromatic heterocycles. The van der Waals surface area contributed by atoms with E-state index in [0.29, 0.717) is 5.56 Å². The number of urea groups is 1. The highest BCUT2D eigenvalue weighted by Crippen LogP contribution is 2.26. The first kappa shape index (κ1) is 24.2. The predicted molar refractivity (Wildman–Crippen MR) is 128 cm³/mol. The zero-order valence-corrected chi connectivity index (χ0v) is 19.2. The summed E-state index contributed by atoms with van der Waals surface area (Å²) < 4.78 is 2.04. The van der Waals surface area contributed by atoms with Gasteiger partial charge in [-0.05, 0) is 11.1 Å². The van der Waals surface area contributed by atoms with E-state index in [-0.39, 0.29) is 26.1 Å². The van der Waals surface area contributed by atoms with Crippen LogP contribution in [0.3, 0.4) is 0 Å². The third-order valence-electron chi connectivity index (χ3n) is 6.06. The molecular formula is C26H22N6O4. The van der Waals surface area contributed by atoms with Gasteiger partial charge in [-0.2, -0.15) is 10.5 Å². The average Bonchev–Trinajstić information content (AvgIpc) is 2.89. The fourth-order valence-electron chi connectivity index (χ4n) is 4.26. The first-order valence-corrected chi connectivity index (χ1v) is 11.2. The third-order valence-corrected chi connectivity index (χ3v) is 6.06. The average molecular weight is 483 g/mol. The number of amides is 3. The Balaban J connectivity index is 1.69. The standard InChI is InChI=1S/C26H22N6O4/c27-12-14-30-21(15-24(34)32(26(30)36)18-20-9-5-2-6-10-20)22(16-28)29-13-11-23(33)31(25(29)35)17-19-7-3-1-4-8-19/h1-11,13,21-22H,14-15,17-18H2. The van der Waals surface area contributed by atoms with E-state index in [4.69, 9.17) is 0 Å². The summed E-state index contributed by atoms with van der Waals surface area (Å²) >= 11 is 0. The molecular weight excluding hydrogens is 460 g/mol. The van der Waals surface area contributed by atoms with Crippen LogP contribution in [0.5, 0.6) is 0 Å². The van der Waals surface area contributed by atoms with Crippen LogP contribution in [0.2, 0.25) is 0 Å². The molecule has 1 aliphatic rings. The highest BCUT2D eigenvalue weighted by Gasteiger charge is 2.43. The summed E-state index contributed by atoms with van der Waals surface area (Å²) in [5, 5.41) is 19.4. The maximum atomic E-state index is 13.3. The van der Waals surface area contributed by atoms with Crippen molar-refractivity contribution in [3.8, 4) is 12.1 Å². The van der Waals surface area contributed by atoms with Gasteiger partial charge in [-0.15, -0.1) is 0 Å². The minimum absolute atomic E-state index is 0.00716. The Labute approximate surface area is 206 Å². The fourth-order valence-corrected chi connectivity index (χ4v) is 4.26. The van der Waals surface area contributed by atoms with Crippen molar-refractivity contribution < 1.29 is 9.59 Å². The van der Waals surface area contributed by atoms with Gasteiger partial charge in [-0.1, -0.05) is 60.7 Å². The van der Waals surface area contributed by atoms with Crippen molar-refractivity contribution in [2.45, 2.75) is 31.6 Å². The summed E-state index contributed by atoms with van der Waals surface area (Å²) in [5.41, 5.74) is 0.154. The zero-order valence-electron chi connectivity index (χ0n) is 19.2. The molecule has 1 aliphatic heterocycles. The maximum absolute atomic E-state index is 13.3. The number of carbonyl (C=O) groups is 2. The summed E-state index contributed by atoms with van der Waals surface area (Å²) in [5.74, 6) is -0.519. The first-order chi connectivity index (χ1) is 17.4. The van der Waals surface area contributed by atoms with Crippen LogP contribution in [-0.4, -0.2) is 43.5 Å². The Morgan fingerprint density at radius 2 is 1.47 bits per heavy atom. The molecule has 1 saturated heterocycles. The monoisotopic (exact) mass is 482 g/mol. The molecule has 36 heavy (non-hydrogen) atoms. The van der Waals surface area contributed by atoms with Gasteiger partial charge in [0.05, 0.1) is 37.7 Å². The molecule has 180 valence electrons. The number of nitriles is 2. The highest BCUT2D eigenvalue weighted by atomic mass is 16.2. The predicted octanol–water partition coefficient (Wildman–Crippen LogP) is 1.87. The summed E-state index contributed by atoms with van der Waals surface area (Å²) in [6.07, 6.45) is 0.929. The molecule has 3 aromatic rings. The van der Waals surface area contributed by atoms with Gasteiger partial charge in [0.25, 0.3) is 5.56 Å². The van der Waals surface area contributed by atoms with Crippen molar-refractivity contribution in [1.29, 1.82) is 10.5 Å². The summed E-state index contributed by atoms with van der Waals surface area (Å²) in [7, 11) is 0. The number of hydrogen-bond acceptors (Lipinski definition) is 6. The van der Waals surface area contributed by atoms with E-state index in [0.717, 1.165) is 30.6 Å². The van der Waals surface area contributed by atoms with Crippen LogP contribution in [0.15, 0.2) is 82.5 Å². The Hall–Kier alpha value is -4.96. The lowest BCUT2D eigenvalue weighted by Gasteiger charge is -2.41. The van der Waals surface area contributed by atoms with Crippen LogP contribution in [0.1, 0.15) is 23.6 Å². The molecule has 1 fully saturated rings. The van der Waals surface area contributed by atoms with E-state index in [9.17, 15) is 29.7 Å². The quantitative estimate of drug-likeness (QED) is 0.472. The molecule has 2 unspecified atom stereocenters. The summed E-state index contributed by atoms with van der Waals surface area (Å²) in [6, 6.07) is 19.8. The van der Waals surface area contributed by atoms with Crippen molar-refractivity contribution in [1.82, 2.24) is 18.9 Å². The van der Waals surface area contributed by atoms with E-state index in [1.165, 1.54) is 6.20 Å². The van der Waals surface area contributed by atoms with Gasteiger partial charge in [0.15, 0.2) is 0 Å². The summed E-state index contributed by atoms with van der Waals surface area (Å²) in [4.78, 5) is 54.2. The Morgan fingerprint density at radius 3 is 2.06 bits per heavy atom. The zero-order chi connectivity index (χ0) is 25.7. The normalized spacial score (nSPS) is 16.3. The Morgan fingerprint density at radius 1 is 0.861 bits per heavy atom. The molecule has 4 rings (SSSR count). The fraction of sp³-hybridized carbons (Fsp3) is 0.231. The van der Waals surface area contributed by atoms with E-state index in [2.05, 4.69) is 0 Å². The maximum Gasteiger partial charge on any atom is 0.332 e. The lowest BCUT2D eigenvalue weighted by atomic mass is 10.00. The van der Waals surface area contributed by atoms with Crippen LogP contribution < -0.4 is 11.2 Å². The van der Waals surface area contributed by atoms with Crippen molar-refractivity contribution in [3.63, 3.8) is 0 Å². The van der Waals surface area contributed by atoms with Gasteiger partial charge < -0.3 is 4.90 Å². The number of nitrogens with zero attached hydrogens (tertiary/aromatic N) is 6. The third kappa shape index (κ3) is 4.79. The number of hydrogen-bond donors (Lipinski definition) is 0.